The van der Waals surface area contributed by atoms with Crippen LogP contribution in [0.1, 0.15) is 12.0 Å². The molecule has 2 aliphatic rings. The molecule has 2 unspecified atom stereocenters. The van der Waals surface area contributed by atoms with Crippen molar-refractivity contribution in [2.24, 2.45) is 0 Å². The molecule has 0 saturated carbocycles. The van der Waals surface area contributed by atoms with Crippen LogP contribution in [-0.2, 0) is 10.9 Å². The van der Waals surface area contributed by atoms with Crippen LogP contribution in [0.3, 0.4) is 0 Å². The van der Waals surface area contributed by atoms with Gasteiger partial charge in [-0.25, -0.2) is 4.79 Å². The van der Waals surface area contributed by atoms with E-state index >= 15 is 0 Å². The Hall–Kier alpha value is -1.76. The first-order chi connectivity index (χ1) is 9.47. The lowest BCUT2D eigenvalue weighted by Gasteiger charge is -2.28. The quantitative estimate of drug-likeness (QED) is 0.862. The van der Waals surface area contributed by atoms with Crippen LogP contribution >= 0.6 is 0 Å². The minimum Gasteiger partial charge on any atom is -0.442 e. The first-order valence-electron chi connectivity index (χ1n) is 6.34. The molecular weight excluding hydrogens is 273 g/mol. The number of fused-ring (bicyclic) bond motifs is 1. The van der Waals surface area contributed by atoms with Crippen molar-refractivity contribution in [1.82, 2.24) is 5.32 Å². The van der Waals surface area contributed by atoms with E-state index in [4.69, 9.17) is 4.74 Å². The van der Waals surface area contributed by atoms with Crippen molar-refractivity contribution < 1.29 is 22.7 Å². The van der Waals surface area contributed by atoms with Crippen LogP contribution < -0.4 is 10.2 Å². The Morgan fingerprint density at radius 1 is 1.25 bits per heavy atom. The Labute approximate surface area is 113 Å². The zero-order valence-electron chi connectivity index (χ0n) is 10.5. The molecule has 0 spiro atoms. The van der Waals surface area contributed by atoms with E-state index in [0.717, 1.165) is 25.1 Å². The minimum atomic E-state index is -4.37. The lowest BCUT2D eigenvalue weighted by atomic mass is 10.0. The van der Waals surface area contributed by atoms with Gasteiger partial charge < -0.3 is 10.1 Å². The Kier molecular flexibility index (Phi) is 3.08. The molecule has 108 valence electrons. The van der Waals surface area contributed by atoms with Crippen molar-refractivity contribution >= 4 is 11.8 Å². The van der Waals surface area contributed by atoms with Gasteiger partial charge >= 0.3 is 12.3 Å². The molecule has 2 atom stereocenters. The van der Waals surface area contributed by atoms with Crippen LogP contribution in [-0.4, -0.2) is 31.3 Å². The van der Waals surface area contributed by atoms with E-state index in [1.165, 1.54) is 17.0 Å². The second-order valence-corrected chi connectivity index (χ2v) is 4.90. The molecule has 1 aromatic carbocycles. The van der Waals surface area contributed by atoms with Crippen molar-refractivity contribution in [2.75, 3.05) is 18.0 Å². The zero-order chi connectivity index (χ0) is 14.3. The number of carbonyl (C=O) groups excluding carboxylic acids is 1. The Morgan fingerprint density at radius 2 is 1.95 bits per heavy atom. The van der Waals surface area contributed by atoms with Crippen LogP contribution in [0, 0.1) is 0 Å². The molecule has 0 aliphatic carbocycles. The van der Waals surface area contributed by atoms with Crippen LogP contribution in [0.4, 0.5) is 23.7 Å². The summed E-state index contributed by atoms with van der Waals surface area (Å²) in [6.45, 7) is 1.34. The molecule has 0 aromatic heterocycles. The highest BCUT2D eigenvalue weighted by molar-refractivity contribution is 5.90. The maximum absolute atomic E-state index is 12.5. The van der Waals surface area contributed by atoms with Crippen molar-refractivity contribution in [3.05, 3.63) is 29.8 Å². The molecule has 7 heteroatoms. The SMILES string of the molecule is O=C1OC2CNCCC2N1c1ccc(C(F)(F)F)cc1. The number of halogens is 3. The molecule has 1 aromatic rings. The molecule has 0 radical (unpaired) electrons. The van der Waals surface area contributed by atoms with Crippen molar-refractivity contribution in [3.63, 3.8) is 0 Å². The lowest BCUT2D eigenvalue weighted by Crippen LogP contribution is -2.47. The highest BCUT2D eigenvalue weighted by atomic mass is 19.4. The Morgan fingerprint density at radius 3 is 2.60 bits per heavy atom. The summed E-state index contributed by atoms with van der Waals surface area (Å²) in [6.07, 6.45) is -4.39. The number of alkyl halides is 3. The lowest BCUT2D eigenvalue weighted by molar-refractivity contribution is -0.137. The van der Waals surface area contributed by atoms with Gasteiger partial charge in [0.05, 0.1) is 11.6 Å². The van der Waals surface area contributed by atoms with Crippen molar-refractivity contribution in [1.29, 1.82) is 0 Å². The highest BCUT2D eigenvalue weighted by Crippen LogP contribution is 2.33. The molecule has 4 nitrogen and oxygen atoms in total. The second kappa shape index (κ2) is 4.66. The van der Waals surface area contributed by atoms with E-state index in [2.05, 4.69) is 5.32 Å². The van der Waals surface area contributed by atoms with Crippen LogP contribution in [0.2, 0.25) is 0 Å². The molecule has 2 saturated heterocycles. The molecule has 2 aliphatic heterocycles. The summed E-state index contributed by atoms with van der Waals surface area (Å²) in [4.78, 5) is 13.3. The minimum absolute atomic E-state index is 0.111. The maximum Gasteiger partial charge on any atom is 0.416 e. The van der Waals surface area contributed by atoms with Crippen molar-refractivity contribution in [2.45, 2.75) is 24.7 Å². The van der Waals surface area contributed by atoms with Gasteiger partial charge in [-0.05, 0) is 37.2 Å². The summed E-state index contributed by atoms with van der Waals surface area (Å²) >= 11 is 0. The topological polar surface area (TPSA) is 41.6 Å². The number of hydrogen-bond acceptors (Lipinski definition) is 3. The molecular formula is C13H13F3N2O2. The van der Waals surface area contributed by atoms with E-state index in [0.29, 0.717) is 12.2 Å². The molecule has 1 amide bonds. The van der Waals surface area contributed by atoms with Gasteiger partial charge in [-0.2, -0.15) is 13.2 Å². The van der Waals surface area contributed by atoms with E-state index < -0.39 is 17.8 Å². The van der Waals surface area contributed by atoms with Gasteiger partial charge in [-0.1, -0.05) is 0 Å². The number of anilines is 1. The number of carbonyl (C=O) groups is 1. The van der Waals surface area contributed by atoms with E-state index in [1.807, 2.05) is 0 Å². The van der Waals surface area contributed by atoms with Crippen LogP contribution in [0.25, 0.3) is 0 Å². The summed E-state index contributed by atoms with van der Waals surface area (Å²) in [5, 5.41) is 3.13. The van der Waals surface area contributed by atoms with Gasteiger partial charge in [0.2, 0.25) is 0 Å². The predicted octanol–water partition coefficient (Wildman–Crippen LogP) is 2.39. The van der Waals surface area contributed by atoms with Gasteiger partial charge in [-0.3, -0.25) is 4.90 Å². The van der Waals surface area contributed by atoms with Gasteiger partial charge in [0.1, 0.15) is 6.10 Å². The summed E-state index contributed by atoms with van der Waals surface area (Å²) in [5.74, 6) is 0. The number of benzene rings is 1. The summed E-state index contributed by atoms with van der Waals surface area (Å²) in [6, 6.07) is 4.48. The second-order valence-electron chi connectivity index (χ2n) is 4.90. The van der Waals surface area contributed by atoms with E-state index in [9.17, 15) is 18.0 Å². The Bertz CT molecular complexity index is 515. The number of piperidine rings is 1. The molecule has 20 heavy (non-hydrogen) atoms. The number of hydrogen-bond donors (Lipinski definition) is 1. The number of amides is 1. The third-order valence-electron chi connectivity index (χ3n) is 3.64. The van der Waals surface area contributed by atoms with Crippen LogP contribution in [0.5, 0.6) is 0 Å². The largest absolute Gasteiger partial charge is 0.442 e. The first kappa shape index (κ1) is 13.2. The molecule has 3 rings (SSSR count). The zero-order valence-corrected chi connectivity index (χ0v) is 10.5. The summed E-state index contributed by atoms with van der Waals surface area (Å²) < 4.78 is 42.8. The summed E-state index contributed by atoms with van der Waals surface area (Å²) in [5.41, 5.74) is -0.284. The smallest absolute Gasteiger partial charge is 0.416 e. The third kappa shape index (κ3) is 2.22. The van der Waals surface area contributed by atoms with Gasteiger partial charge in [-0.15, -0.1) is 0 Å². The highest BCUT2D eigenvalue weighted by Gasteiger charge is 2.43. The van der Waals surface area contributed by atoms with E-state index in [-0.39, 0.29) is 12.1 Å². The van der Waals surface area contributed by atoms with Crippen LogP contribution in [0.15, 0.2) is 24.3 Å². The molecule has 1 N–H and O–H groups in total. The molecule has 2 fully saturated rings. The van der Waals surface area contributed by atoms with E-state index in [1.54, 1.807) is 0 Å². The normalized spacial score (nSPS) is 26.4. The fraction of sp³-hybridized carbons (Fsp3) is 0.462. The predicted molar refractivity (Wildman–Crippen MR) is 65.5 cm³/mol. The number of rotatable bonds is 1. The monoisotopic (exact) mass is 286 g/mol. The fourth-order valence-corrected chi connectivity index (χ4v) is 2.66. The summed E-state index contributed by atoms with van der Waals surface area (Å²) in [7, 11) is 0. The average Bonchev–Trinajstić information content (AvgIpc) is 2.73. The average molecular weight is 286 g/mol. The van der Waals surface area contributed by atoms with Gasteiger partial charge in [0.15, 0.2) is 0 Å². The number of ether oxygens (including phenoxy) is 1. The number of nitrogens with one attached hydrogen (secondary N) is 1. The Balaban J connectivity index is 1.86. The van der Waals surface area contributed by atoms with Gasteiger partial charge in [0, 0.05) is 12.2 Å². The number of nitrogens with zero attached hydrogens (tertiary/aromatic N) is 1. The van der Waals surface area contributed by atoms with Gasteiger partial charge in [0.25, 0.3) is 0 Å². The molecule has 2 heterocycles. The fourth-order valence-electron chi connectivity index (χ4n) is 2.66. The van der Waals surface area contributed by atoms with Crippen molar-refractivity contribution in [3.8, 4) is 0 Å². The molecule has 0 bridgehead atoms. The first-order valence-corrected chi connectivity index (χ1v) is 6.34. The third-order valence-corrected chi connectivity index (χ3v) is 3.64. The maximum atomic E-state index is 12.5. The standard InChI is InChI=1S/C13H13F3N2O2/c14-13(15,16)8-1-3-9(4-2-8)18-10-5-6-17-7-11(10)20-12(18)19/h1-4,10-11,17H,5-7H2.